The Morgan fingerprint density at radius 1 is 0.735 bits per heavy atom. The summed E-state index contributed by atoms with van der Waals surface area (Å²) in [6, 6.07) is 42.3. The largest absolute Gasteiger partial charge is 0.457 e. The summed E-state index contributed by atoms with van der Waals surface area (Å²) in [6.07, 6.45) is 9.78. The highest BCUT2D eigenvalue weighted by molar-refractivity contribution is 6.18. The van der Waals surface area contributed by atoms with Crippen molar-refractivity contribution in [1.82, 2.24) is 0 Å². The lowest BCUT2D eigenvalue weighted by Crippen LogP contribution is -2.52. The SMILES string of the molecule is CC1C(c2cccc3c2-c2ccc(C#N)cc2C32c3ccccc3Oc3ccccc32)=NC(c2ccccc2)=NC1(C)C1(C)C=CC=CC1. The number of aliphatic imine (C=N–C) groups is 2. The van der Waals surface area contributed by atoms with E-state index in [1.54, 1.807) is 0 Å². The molecular weight excluding hydrogens is 599 g/mol. The second kappa shape index (κ2) is 10.6. The maximum Gasteiger partial charge on any atom is 0.155 e. The van der Waals surface area contributed by atoms with E-state index in [9.17, 15) is 5.26 Å². The van der Waals surface area contributed by atoms with Crippen LogP contribution in [0, 0.1) is 22.7 Å². The van der Waals surface area contributed by atoms with Crippen LogP contribution in [0.1, 0.15) is 66.1 Å². The van der Waals surface area contributed by atoms with Crippen LogP contribution in [0.5, 0.6) is 11.5 Å². The van der Waals surface area contributed by atoms with Crippen LogP contribution in [0.15, 0.2) is 150 Å². The van der Waals surface area contributed by atoms with Gasteiger partial charge in [-0.05, 0) is 59.9 Å². The minimum Gasteiger partial charge on any atom is -0.457 e. The number of hydrogen-bond donors (Lipinski definition) is 0. The Morgan fingerprint density at radius 2 is 1.43 bits per heavy atom. The van der Waals surface area contributed by atoms with Crippen molar-refractivity contribution < 1.29 is 4.74 Å². The monoisotopic (exact) mass is 633 g/mol. The van der Waals surface area contributed by atoms with Gasteiger partial charge in [-0.2, -0.15) is 5.26 Å². The number of ether oxygens (including phenoxy) is 1. The standard InChI is InChI=1S/C45H35N3O/c1-29-41(47-42(31-15-6-4-7-16-31)48-44(29,3)43(2)25-12-5-13-26-43)33-17-14-20-36-40(33)32-24-23-30(28-46)27-37(32)45(36)34-18-8-10-21-38(34)49-39-22-11-9-19-35(39)45/h4-25,27,29H,26H2,1-3H3. The molecule has 0 radical (unpaired) electrons. The summed E-state index contributed by atoms with van der Waals surface area (Å²) in [7, 11) is 0. The first kappa shape index (κ1) is 29.4. The first-order valence-electron chi connectivity index (χ1n) is 17.0. The van der Waals surface area contributed by atoms with Crippen molar-refractivity contribution in [3.63, 3.8) is 0 Å². The van der Waals surface area contributed by atoms with Crippen molar-refractivity contribution in [3.8, 4) is 28.7 Å². The van der Waals surface area contributed by atoms with Gasteiger partial charge >= 0.3 is 0 Å². The molecule has 0 bridgehead atoms. The number of fused-ring (bicyclic) bond motifs is 9. The van der Waals surface area contributed by atoms with E-state index >= 15 is 0 Å². The molecule has 3 atom stereocenters. The van der Waals surface area contributed by atoms with Gasteiger partial charge in [0.2, 0.25) is 0 Å². The summed E-state index contributed by atoms with van der Waals surface area (Å²) in [5.41, 5.74) is 9.05. The minimum atomic E-state index is -0.681. The number of allylic oxidation sites excluding steroid dienone is 3. The molecular formula is C45H35N3O. The topological polar surface area (TPSA) is 57.7 Å². The molecule has 4 nitrogen and oxygen atoms in total. The predicted octanol–water partition coefficient (Wildman–Crippen LogP) is 10.2. The molecule has 0 saturated heterocycles. The van der Waals surface area contributed by atoms with Crippen LogP contribution in [-0.2, 0) is 5.41 Å². The Balaban J connectivity index is 1.36. The van der Waals surface area contributed by atoms with E-state index in [4.69, 9.17) is 14.7 Å². The number of para-hydroxylation sites is 2. The van der Waals surface area contributed by atoms with E-state index in [0.717, 1.165) is 68.4 Å². The third-order valence-electron chi connectivity index (χ3n) is 11.6. The normalized spacial score (nSPS) is 23.7. The molecule has 3 unspecified atom stereocenters. The van der Waals surface area contributed by atoms with Gasteiger partial charge < -0.3 is 4.74 Å². The van der Waals surface area contributed by atoms with Crippen LogP contribution < -0.4 is 4.74 Å². The summed E-state index contributed by atoms with van der Waals surface area (Å²) < 4.78 is 6.57. The Kier molecular flexibility index (Phi) is 6.35. The van der Waals surface area contributed by atoms with Crippen molar-refractivity contribution in [2.45, 2.75) is 38.1 Å². The molecule has 5 aromatic carbocycles. The second-order valence-electron chi connectivity index (χ2n) is 14.0. The lowest BCUT2D eigenvalue weighted by atomic mass is 9.60. The van der Waals surface area contributed by atoms with Gasteiger partial charge in [0, 0.05) is 33.6 Å². The summed E-state index contributed by atoms with van der Waals surface area (Å²) in [5, 5.41) is 10.2. The second-order valence-corrected chi connectivity index (χ2v) is 14.0. The summed E-state index contributed by atoms with van der Waals surface area (Å²) in [4.78, 5) is 11.0. The summed E-state index contributed by atoms with van der Waals surface area (Å²) >= 11 is 0. The highest BCUT2D eigenvalue weighted by Gasteiger charge is 2.54. The van der Waals surface area contributed by atoms with Crippen LogP contribution in [0.4, 0.5) is 0 Å². The molecule has 2 heterocycles. The Morgan fingerprint density at radius 3 is 2.12 bits per heavy atom. The number of benzene rings is 5. The van der Waals surface area contributed by atoms with Gasteiger partial charge in [0.1, 0.15) is 11.5 Å². The first-order chi connectivity index (χ1) is 23.9. The predicted molar refractivity (Wildman–Crippen MR) is 197 cm³/mol. The van der Waals surface area contributed by atoms with Crippen molar-refractivity contribution >= 4 is 11.5 Å². The lowest BCUT2D eigenvalue weighted by molar-refractivity contribution is 0.186. The number of rotatable bonds is 3. The molecule has 0 amide bonds. The first-order valence-corrected chi connectivity index (χ1v) is 17.0. The Bertz CT molecular complexity index is 2310. The Hall–Kier alpha value is -5.79. The quantitative estimate of drug-likeness (QED) is 0.194. The fourth-order valence-corrected chi connectivity index (χ4v) is 8.78. The van der Waals surface area contributed by atoms with Crippen molar-refractivity contribution in [2.75, 3.05) is 0 Å². The molecule has 2 aliphatic carbocycles. The zero-order valence-corrected chi connectivity index (χ0v) is 27.8. The van der Waals surface area contributed by atoms with Gasteiger partial charge in [0.15, 0.2) is 5.84 Å². The van der Waals surface area contributed by atoms with Crippen molar-refractivity contribution in [3.05, 3.63) is 179 Å². The van der Waals surface area contributed by atoms with Gasteiger partial charge in [-0.15, -0.1) is 0 Å². The van der Waals surface area contributed by atoms with Crippen molar-refractivity contribution in [2.24, 2.45) is 21.3 Å². The van der Waals surface area contributed by atoms with E-state index in [-0.39, 0.29) is 11.3 Å². The van der Waals surface area contributed by atoms with Crippen LogP contribution >= 0.6 is 0 Å². The van der Waals surface area contributed by atoms with Gasteiger partial charge in [-0.3, -0.25) is 4.99 Å². The number of hydrogen-bond acceptors (Lipinski definition) is 4. The molecule has 2 aliphatic heterocycles. The van der Waals surface area contributed by atoms with E-state index in [1.165, 1.54) is 5.56 Å². The molecule has 1 spiro atoms. The minimum absolute atomic E-state index is 0.0137. The highest BCUT2D eigenvalue weighted by Crippen LogP contribution is 2.63. The van der Waals surface area contributed by atoms with Gasteiger partial charge in [-0.1, -0.05) is 129 Å². The molecule has 4 aliphatic rings. The molecule has 0 N–H and O–H groups in total. The average Bonchev–Trinajstić information content (AvgIpc) is 3.43. The molecule has 0 aromatic heterocycles. The zero-order chi connectivity index (χ0) is 33.4. The zero-order valence-electron chi connectivity index (χ0n) is 27.8. The molecule has 49 heavy (non-hydrogen) atoms. The molecule has 0 fully saturated rings. The van der Waals surface area contributed by atoms with E-state index in [0.29, 0.717) is 5.56 Å². The van der Waals surface area contributed by atoms with E-state index in [1.807, 2.05) is 24.3 Å². The van der Waals surface area contributed by atoms with Gasteiger partial charge in [0.05, 0.1) is 28.3 Å². The third-order valence-corrected chi connectivity index (χ3v) is 11.6. The van der Waals surface area contributed by atoms with Crippen LogP contribution in [0.2, 0.25) is 0 Å². The van der Waals surface area contributed by atoms with Crippen molar-refractivity contribution in [1.29, 1.82) is 5.26 Å². The van der Waals surface area contributed by atoms with Crippen LogP contribution in [0.25, 0.3) is 11.1 Å². The fraction of sp³-hybridized carbons (Fsp3) is 0.178. The lowest BCUT2D eigenvalue weighted by Gasteiger charge is -2.48. The van der Waals surface area contributed by atoms with Gasteiger partial charge in [-0.25, -0.2) is 4.99 Å². The van der Waals surface area contributed by atoms with E-state index in [2.05, 4.69) is 142 Å². The van der Waals surface area contributed by atoms with Crippen LogP contribution in [-0.4, -0.2) is 17.1 Å². The number of nitriles is 1. The maximum atomic E-state index is 10.2. The number of nitrogens with zero attached hydrogens (tertiary/aromatic N) is 3. The van der Waals surface area contributed by atoms with Gasteiger partial charge in [0.25, 0.3) is 0 Å². The molecule has 236 valence electrons. The maximum absolute atomic E-state index is 10.2. The third kappa shape index (κ3) is 3.96. The van der Waals surface area contributed by atoms with E-state index < -0.39 is 11.0 Å². The number of amidine groups is 1. The summed E-state index contributed by atoms with van der Waals surface area (Å²) in [5.74, 6) is 2.40. The Labute approximate surface area is 287 Å². The van der Waals surface area contributed by atoms with Crippen LogP contribution in [0.3, 0.4) is 0 Å². The molecule has 5 aromatic rings. The molecule has 4 heteroatoms. The average molecular weight is 634 g/mol. The molecule has 9 rings (SSSR count). The smallest absolute Gasteiger partial charge is 0.155 e. The molecule has 0 saturated carbocycles. The highest BCUT2D eigenvalue weighted by atomic mass is 16.5. The summed E-state index contributed by atoms with van der Waals surface area (Å²) in [6.45, 7) is 6.93. The fourth-order valence-electron chi connectivity index (χ4n) is 8.78.